The van der Waals surface area contributed by atoms with Gasteiger partial charge < -0.3 is 14.9 Å². The highest BCUT2D eigenvalue weighted by Crippen LogP contribution is 2.23. The number of phenolic OH excluding ortho intramolecular Hbond substituents is 2. The van der Waals surface area contributed by atoms with E-state index in [0.29, 0.717) is 13.0 Å². The molecule has 0 radical (unpaired) electrons. The zero-order valence-electron chi connectivity index (χ0n) is 10.0. The second-order valence-electron chi connectivity index (χ2n) is 4.08. The zero-order chi connectivity index (χ0) is 12.8. The van der Waals surface area contributed by atoms with Gasteiger partial charge in [0.15, 0.2) is 0 Å². The molecular weight excluding hydrogens is 228 g/mol. The Morgan fingerprint density at radius 1 is 0.944 bits per heavy atom. The van der Waals surface area contributed by atoms with Crippen molar-refractivity contribution in [3.05, 3.63) is 54.1 Å². The Labute approximate surface area is 106 Å². The molecule has 0 aliphatic heterocycles. The van der Waals surface area contributed by atoms with Gasteiger partial charge in [0, 0.05) is 0 Å². The predicted octanol–water partition coefficient (Wildman–Crippen LogP) is 3.11. The average Bonchev–Trinajstić information content (AvgIpc) is 2.40. The second kappa shape index (κ2) is 5.96. The molecule has 0 aliphatic rings. The van der Waals surface area contributed by atoms with Crippen LogP contribution in [0.5, 0.6) is 17.2 Å². The van der Waals surface area contributed by atoms with Gasteiger partial charge in [-0.3, -0.25) is 0 Å². The van der Waals surface area contributed by atoms with Crippen LogP contribution in [0.25, 0.3) is 0 Å². The van der Waals surface area contributed by atoms with Crippen molar-refractivity contribution in [2.45, 2.75) is 12.8 Å². The summed E-state index contributed by atoms with van der Waals surface area (Å²) in [7, 11) is 0. The Balaban J connectivity index is 1.80. The lowest BCUT2D eigenvalue weighted by molar-refractivity contribution is 0.310. The van der Waals surface area contributed by atoms with Crippen molar-refractivity contribution in [3.8, 4) is 17.2 Å². The van der Waals surface area contributed by atoms with Gasteiger partial charge >= 0.3 is 0 Å². The van der Waals surface area contributed by atoms with E-state index < -0.39 is 0 Å². The third-order valence-corrected chi connectivity index (χ3v) is 2.67. The number of phenols is 2. The molecule has 0 spiro atoms. The lowest BCUT2D eigenvalue weighted by Gasteiger charge is -2.07. The van der Waals surface area contributed by atoms with E-state index in [9.17, 15) is 10.2 Å². The van der Waals surface area contributed by atoms with E-state index in [2.05, 4.69) is 0 Å². The van der Waals surface area contributed by atoms with E-state index in [-0.39, 0.29) is 11.5 Å². The maximum atomic E-state index is 9.60. The molecule has 0 amide bonds. The van der Waals surface area contributed by atoms with Crippen molar-refractivity contribution in [2.75, 3.05) is 6.61 Å². The van der Waals surface area contributed by atoms with Crippen molar-refractivity contribution in [2.24, 2.45) is 0 Å². The summed E-state index contributed by atoms with van der Waals surface area (Å²) in [5, 5.41) is 18.9. The maximum absolute atomic E-state index is 9.60. The third kappa shape index (κ3) is 3.42. The summed E-state index contributed by atoms with van der Waals surface area (Å²) in [5.74, 6) is 1.23. The Hall–Kier alpha value is -2.16. The molecule has 2 rings (SSSR count). The standard InChI is InChI=1S/C15H16O3/c16-13-8-9-15(17)12(11-13)5-4-10-18-14-6-2-1-3-7-14/h1-3,6-9,11,16-17H,4-5,10H2. The minimum absolute atomic E-state index is 0.173. The topological polar surface area (TPSA) is 49.7 Å². The van der Waals surface area contributed by atoms with Crippen LogP contribution in [0.1, 0.15) is 12.0 Å². The molecule has 3 nitrogen and oxygen atoms in total. The summed E-state index contributed by atoms with van der Waals surface area (Å²) >= 11 is 0. The Morgan fingerprint density at radius 3 is 2.50 bits per heavy atom. The van der Waals surface area contributed by atoms with E-state index in [1.54, 1.807) is 6.07 Å². The average molecular weight is 244 g/mol. The molecule has 0 saturated heterocycles. The number of para-hydroxylation sites is 1. The number of hydrogen-bond donors (Lipinski definition) is 2. The van der Waals surface area contributed by atoms with Crippen LogP contribution < -0.4 is 4.74 Å². The van der Waals surface area contributed by atoms with Gasteiger partial charge in [-0.1, -0.05) is 18.2 Å². The van der Waals surface area contributed by atoms with Crippen LogP contribution in [0.4, 0.5) is 0 Å². The third-order valence-electron chi connectivity index (χ3n) is 2.67. The molecule has 0 aliphatic carbocycles. The highest BCUT2D eigenvalue weighted by molar-refractivity contribution is 5.38. The summed E-state index contributed by atoms with van der Waals surface area (Å²) in [6.45, 7) is 0.582. The maximum Gasteiger partial charge on any atom is 0.119 e. The molecule has 0 fully saturated rings. The van der Waals surface area contributed by atoms with Crippen molar-refractivity contribution in [3.63, 3.8) is 0 Å². The molecule has 18 heavy (non-hydrogen) atoms. The van der Waals surface area contributed by atoms with E-state index in [1.807, 2.05) is 30.3 Å². The van der Waals surface area contributed by atoms with Crippen LogP contribution in [-0.2, 0) is 6.42 Å². The molecule has 0 bridgehead atoms. The fraction of sp³-hybridized carbons (Fsp3) is 0.200. The number of benzene rings is 2. The number of aromatic hydroxyl groups is 2. The van der Waals surface area contributed by atoms with Crippen LogP contribution in [0.2, 0.25) is 0 Å². The lowest BCUT2D eigenvalue weighted by Crippen LogP contribution is -1.99. The second-order valence-corrected chi connectivity index (χ2v) is 4.08. The van der Waals surface area contributed by atoms with E-state index >= 15 is 0 Å². The van der Waals surface area contributed by atoms with Crippen LogP contribution in [0.15, 0.2) is 48.5 Å². The van der Waals surface area contributed by atoms with Crippen molar-refractivity contribution in [1.82, 2.24) is 0 Å². The largest absolute Gasteiger partial charge is 0.508 e. The summed E-state index contributed by atoms with van der Waals surface area (Å²) in [4.78, 5) is 0. The van der Waals surface area contributed by atoms with Gasteiger partial charge in [0.2, 0.25) is 0 Å². The highest BCUT2D eigenvalue weighted by atomic mass is 16.5. The number of rotatable bonds is 5. The van der Waals surface area contributed by atoms with Gasteiger partial charge in [-0.15, -0.1) is 0 Å². The fourth-order valence-corrected chi connectivity index (χ4v) is 1.74. The first-order chi connectivity index (χ1) is 8.75. The van der Waals surface area contributed by atoms with E-state index in [4.69, 9.17) is 4.74 Å². The van der Waals surface area contributed by atoms with Crippen LogP contribution in [-0.4, -0.2) is 16.8 Å². The van der Waals surface area contributed by atoms with Crippen molar-refractivity contribution in [1.29, 1.82) is 0 Å². The molecular formula is C15H16O3. The first kappa shape index (κ1) is 12.3. The minimum Gasteiger partial charge on any atom is -0.508 e. The molecule has 0 aromatic heterocycles. The van der Waals surface area contributed by atoms with Gasteiger partial charge in [0.25, 0.3) is 0 Å². The molecule has 94 valence electrons. The molecule has 3 heteroatoms. The molecule has 0 saturated carbocycles. The summed E-state index contributed by atoms with van der Waals surface area (Å²) in [6, 6.07) is 14.2. The van der Waals surface area contributed by atoms with Gasteiger partial charge in [0.1, 0.15) is 17.2 Å². The highest BCUT2D eigenvalue weighted by Gasteiger charge is 2.02. The first-order valence-electron chi connectivity index (χ1n) is 5.94. The predicted molar refractivity (Wildman–Crippen MR) is 70.0 cm³/mol. The van der Waals surface area contributed by atoms with Gasteiger partial charge in [0.05, 0.1) is 6.61 Å². The molecule has 2 N–H and O–H groups in total. The fourth-order valence-electron chi connectivity index (χ4n) is 1.74. The van der Waals surface area contributed by atoms with Crippen LogP contribution in [0, 0.1) is 0 Å². The quantitative estimate of drug-likeness (QED) is 0.627. The summed E-state index contributed by atoms with van der Waals surface area (Å²) in [6.07, 6.45) is 1.46. The SMILES string of the molecule is Oc1ccc(O)c(CCCOc2ccccc2)c1. The number of aryl methyl sites for hydroxylation is 1. The molecule has 2 aromatic carbocycles. The van der Waals surface area contributed by atoms with E-state index in [1.165, 1.54) is 12.1 Å². The van der Waals surface area contributed by atoms with E-state index in [0.717, 1.165) is 17.7 Å². The van der Waals surface area contributed by atoms with Gasteiger partial charge in [-0.05, 0) is 48.7 Å². The normalized spacial score (nSPS) is 10.2. The first-order valence-corrected chi connectivity index (χ1v) is 5.94. The minimum atomic E-state index is 0.173. The molecule has 0 atom stereocenters. The van der Waals surface area contributed by atoms with Crippen LogP contribution in [0.3, 0.4) is 0 Å². The van der Waals surface area contributed by atoms with Gasteiger partial charge in [-0.25, -0.2) is 0 Å². The summed E-state index contributed by atoms with van der Waals surface area (Å²) < 4.78 is 5.55. The van der Waals surface area contributed by atoms with Crippen molar-refractivity contribution < 1.29 is 14.9 Å². The summed E-state index contributed by atoms with van der Waals surface area (Å²) in [5.41, 5.74) is 0.742. The molecule has 0 heterocycles. The Bertz CT molecular complexity index is 494. The number of hydrogen-bond acceptors (Lipinski definition) is 3. The van der Waals surface area contributed by atoms with Crippen molar-refractivity contribution >= 4 is 0 Å². The Kier molecular flexibility index (Phi) is 4.07. The smallest absolute Gasteiger partial charge is 0.119 e. The molecule has 2 aromatic rings. The van der Waals surface area contributed by atoms with Crippen LogP contribution >= 0.6 is 0 Å². The zero-order valence-corrected chi connectivity index (χ0v) is 10.0. The Morgan fingerprint density at radius 2 is 1.72 bits per heavy atom. The van der Waals surface area contributed by atoms with Gasteiger partial charge in [-0.2, -0.15) is 0 Å². The monoisotopic (exact) mass is 244 g/mol. The number of ether oxygens (including phenoxy) is 1. The molecule has 0 unspecified atom stereocenters. The lowest BCUT2D eigenvalue weighted by atomic mass is 10.1.